The van der Waals surface area contributed by atoms with Crippen LogP contribution < -0.4 is 5.32 Å². The van der Waals surface area contributed by atoms with Crippen LogP contribution in [0.15, 0.2) is 18.2 Å². The molecule has 0 atom stereocenters. The summed E-state index contributed by atoms with van der Waals surface area (Å²) >= 11 is 12.2. The number of piperazine rings is 1. The Morgan fingerprint density at radius 2 is 1.83 bits per heavy atom. The van der Waals surface area contributed by atoms with Gasteiger partial charge in [0.2, 0.25) is 0 Å². The summed E-state index contributed by atoms with van der Waals surface area (Å²) in [7, 11) is 0. The molecule has 2 N–H and O–H groups in total. The fourth-order valence-electron chi connectivity index (χ4n) is 2.51. The van der Waals surface area contributed by atoms with Gasteiger partial charge in [0.25, 0.3) is 0 Å². The molecule has 6 nitrogen and oxygen atoms in total. The molecule has 1 aromatic rings. The number of urea groups is 1. The highest BCUT2D eigenvalue weighted by molar-refractivity contribution is 6.36. The van der Waals surface area contributed by atoms with Crippen LogP contribution in [0.4, 0.5) is 4.79 Å². The molecule has 1 saturated heterocycles. The monoisotopic (exact) mass is 375 g/mol. The lowest BCUT2D eigenvalue weighted by Crippen LogP contribution is -2.52. The summed E-state index contributed by atoms with van der Waals surface area (Å²) in [6, 6.07) is 5.18. The largest absolute Gasteiger partial charge is 0.394 e. The van der Waals surface area contributed by atoms with Gasteiger partial charge in [0, 0.05) is 54.9 Å². The van der Waals surface area contributed by atoms with E-state index in [1.807, 2.05) is 0 Å². The van der Waals surface area contributed by atoms with E-state index in [1.165, 1.54) is 0 Å². The average molecular weight is 376 g/mol. The average Bonchev–Trinajstić information content (AvgIpc) is 2.58. The number of aliphatic hydroxyl groups excluding tert-OH is 1. The Morgan fingerprint density at radius 1 is 1.17 bits per heavy atom. The van der Waals surface area contributed by atoms with Gasteiger partial charge in [-0.1, -0.05) is 29.3 Å². The predicted octanol–water partition coefficient (Wildman–Crippen LogP) is 1.83. The number of nitrogens with one attached hydrogen (secondary N) is 1. The Morgan fingerprint density at radius 3 is 2.46 bits per heavy atom. The zero-order chi connectivity index (χ0) is 17.4. The Labute approximate surface area is 152 Å². The molecule has 1 aromatic carbocycles. The number of amides is 2. The quantitative estimate of drug-likeness (QED) is 0.713. The smallest absolute Gasteiger partial charge is 0.317 e. The van der Waals surface area contributed by atoms with E-state index < -0.39 is 0 Å². The van der Waals surface area contributed by atoms with Crippen molar-refractivity contribution in [2.75, 3.05) is 52.5 Å². The van der Waals surface area contributed by atoms with E-state index in [2.05, 4.69) is 10.2 Å². The van der Waals surface area contributed by atoms with Crippen LogP contribution in [0, 0.1) is 0 Å². The third-order valence-electron chi connectivity index (χ3n) is 3.93. The molecular weight excluding hydrogens is 353 g/mol. The van der Waals surface area contributed by atoms with Crippen LogP contribution in [0.1, 0.15) is 5.56 Å². The predicted molar refractivity (Wildman–Crippen MR) is 94.6 cm³/mol. The van der Waals surface area contributed by atoms with E-state index in [-0.39, 0.29) is 12.6 Å². The number of hydrogen-bond donors (Lipinski definition) is 2. The molecule has 1 aliphatic rings. The van der Waals surface area contributed by atoms with Gasteiger partial charge in [-0.15, -0.1) is 0 Å². The van der Waals surface area contributed by atoms with Crippen LogP contribution in [0.5, 0.6) is 0 Å². The maximum Gasteiger partial charge on any atom is 0.317 e. The van der Waals surface area contributed by atoms with Gasteiger partial charge in [0.05, 0.1) is 19.8 Å². The molecule has 2 rings (SSSR count). The standard InChI is InChI=1S/C16H23Cl2N3O3/c17-14-2-1-3-15(18)13(14)12-19-16(23)21-6-4-20(5-7-21)8-10-24-11-9-22/h1-3,22H,4-12H2,(H,19,23). The molecule has 24 heavy (non-hydrogen) atoms. The maximum absolute atomic E-state index is 12.3. The molecule has 1 heterocycles. The van der Waals surface area contributed by atoms with Crippen molar-refractivity contribution in [1.29, 1.82) is 0 Å². The molecule has 0 unspecified atom stereocenters. The number of halogens is 2. The first kappa shape index (κ1) is 19.3. The molecule has 0 radical (unpaired) electrons. The molecular formula is C16H23Cl2N3O3. The SMILES string of the molecule is O=C(NCc1c(Cl)cccc1Cl)N1CCN(CCOCCO)CC1. The first-order valence-corrected chi connectivity index (χ1v) is 8.74. The van der Waals surface area contributed by atoms with Crippen molar-refractivity contribution in [1.82, 2.24) is 15.1 Å². The van der Waals surface area contributed by atoms with E-state index >= 15 is 0 Å². The van der Waals surface area contributed by atoms with Gasteiger partial charge in [-0.05, 0) is 12.1 Å². The van der Waals surface area contributed by atoms with E-state index in [0.717, 1.165) is 25.2 Å². The molecule has 8 heteroatoms. The first-order valence-electron chi connectivity index (χ1n) is 7.98. The summed E-state index contributed by atoms with van der Waals surface area (Å²) in [6.07, 6.45) is 0. The number of aliphatic hydroxyl groups is 1. The van der Waals surface area contributed by atoms with Crippen molar-refractivity contribution in [2.24, 2.45) is 0 Å². The van der Waals surface area contributed by atoms with Crippen LogP contribution >= 0.6 is 23.2 Å². The number of nitrogens with zero attached hydrogens (tertiary/aromatic N) is 2. The highest BCUT2D eigenvalue weighted by atomic mass is 35.5. The van der Waals surface area contributed by atoms with Crippen molar-refractivity contribution in [2.45, 2.75) is 6.54 Å². The summed E-state index contributed by atoms with van der Waals surface area (Å²) in [4.78, 5) is 16.3. The Balaban J connectivity index is 1.71. The van der Waals surface area contributed by atoms with Crippen LogP contribution in [0.25, 0.3) is 0 Å². The van der Waals surface area contributed by atoms with Gasteiger partial charge in [-0.3, -0.25) is 4.90 Å². The summed E-state index contributed by atoms with van der Waals surface area (Å²) in [5, 5.41) is 12.6. The van der Waals surface area contributed by atoms with Crippen molar-refractivity contribution >= 4 is 29.2 Å². The van der Waals surface area contributed by atoms with Gasteiger partial charge in [-0.2, -0.15) is 0 Å². The molecule has 134 valence electrons. The number of ether oxygens (including phenoxy) is 1. The normalized spacial score (nSPS) is 15.5. The molecule has 0 saturated carbocycles. The van der Waals surface area contributed by atoms with Gasteiger partial charge in [0.15, 0.2) is 0 Å². The number of carbonyl (C=O) groups excluding carboxylic acids is 1. The lowest BCUT2D eigenvalue weighted by Gasteiger charge is -2.34. The van der Waals surface area contributed by atoms with Gasteiger partial charge in [0.1, 0.15) is 0 Å². The summed E-state index contributed by atoms with van der Waals surface area (Å²) < 4.78 is 5.26. The Bertz CT molecular complexity index is 517. The van der Waals surface area contributed by atoms with E-state index in [9.17, 15) is 4.79 Å². The van der Waals surface area contributed by atoms with Crippen molar-refractivity contribution < 1.29 is 14.6 Å². The fraction of sp³-hybridized carbons (Fsp3) is 0.562. The zero-order valence-corrected chi connectivity index (χ0v) is 15.0. The third kappa shape index (κ3) is 5.79. The highest BCUT2D eigenvalue weighted by Crippen LogP contribution is 2.23. The number of rotatable bonds is 7. The Hall–Kier alpha value is -1.05. The molecule has 0 aliphatic carbocycles. The second-order valence-corrected chi connectivity index (χ2v) is 6.34. The second-order valence-electron chi connectivity index (χ2n) is 5.52. The molecule has 0 aromatic heterocycles. The molecule has 1 aliphatic heterocycles. The number of carbonyl (C=O) groups is 1. The lowest BCUT2D eigenvalue weighted by molar-refractivity contribution is 0.0618. The number of hydrogen-bond acceptors (Lipinski definition) is 4. The Kier molecular flexibility index (Phi) is 8.08. The molecule has 1 fully saturated rings. The minimum atomic E-state index is -0.109. The highest BCUT2D eigenvalue weighted by Gasteiger charge is 2.21. The third-order valence-corrected chi connectivity index (χ3v) is 4.63. The molecule has 0 bridgehead atoms. The summed E-state index contributed by atoms with van der Waals surface area (Å²) in [5.74, 6) is 0. The van der Waals surface area contributed by atoms with Crippen molar-refractivity contribution in [3.63, 3.8) is 0 Å². The minimum Gasteiger partial charge on any atom is -0.394 e. The summed E-state index contributed by atoms with van der Waals surface area (Å²) in [6.45, 7) is 5.08. The van der Waals surface area contributed by atoms with Gasteiger partial charge >= 0.3 is 6.03 Å². The second kappa shape index (κ2) is 10.1. The van der Waals surface area contributed by atoms with E-state index in [1.54, 1.807) is 23.1 Å². The lowest BCUT2D eigenvalue weighted by atomic mass is 10.2. The fourth-order valence-corrected chi connectivity index (χ4v) is 3.04. The van der Waals surface area contributed by atoms with Crippen molar-refractivity contribution in [3.05, 3.63) is 33.8 Å². The minimum absolute atomic E-state index is 0.0450. The van der Waals surface area contributed by atoms with Crippen LogP contribution in [0.3, 0.4) is 0 Å². The molecule has 2 amide bonds. The number of benzene rings is 1. The van der Waals surface area contributed by atoms with Crippen LogP contribution in [-0.2, 0) is 11.3 Å². The van der Waals surface area contributed by atoms with E-state index in [4.69, 9.17) is 33.0 Å². The van der Waals surface area contributed by atoms with Crippen molar-refractivity contribution in [3.8, 4) is 0 Å². The van der Waals surface area contributed by atoms with Gasteiger partial charge < -0.3 is 20.1 Å². The maximum atomic E-state index is 12.3. The topological polar surface area (TPSA) is 65.0 Å². The summed E-state index contributed by atoms with van der Waals surface area (Å²) in [5.41, 5.74) is 0.730. The van der Waals surface area contributed by atoms with Gasteiger partial charge in [-0.25, -0.2) is 4.79 Å². The molecule has 0 spiro atoms. The zero-order valence-electron chi connectivity index (χ0n) is 13.5. The van der Waals surface area contributed by atoms with Crippen LogP contribution in [0.2, 0.25) is 10.0 Å². The first-order chi connectivity index (χ1) is 11.6. The van der Waals surface area contributed by atoms with Crippen LogP contribution in [-0.4, -0.2) is 73.5 Å². The van der Waals surface area contributed by atoms with E-state index in [0.29, 0.717) is 42.9 Å².